The lowest BCUT2D eigenvalue weighted by molar-refractivity contribution is -0.0232. The fraction of sp³-hybridized carbons (Fsp3) is 0.318. The van der Waals surface area contributed by atoms with Crippen LogP contribution < -0.4 is 0 Å². The highest BCUT2D eigenvalue weighted by Gasteiger charge is 2.36. The molecule has 152 valence electrons. The summed E-state index contributed by atoms with van der Waals surface area (Å²) in [5, 5.41) is 13.4. The molecule has 0 saturated carbocycles. The molecule has 3 aromatic rings. The first-order valence-corrected chi connectivity index (χ1v) is 9.59. The molecule has 0 aliphatic rings. The predicted octanol–water partition coefficient (Wildman–Crippen LogP) is 5.15. The zero-order valence-corrected chi connectivity index (χ0v) is 16.4. The summed E-state index contributed by atoms with van der Waals surface area (Å²) in [6, 6.07) is 14.2. The van der Waals surface area contributed by atoms with Gasteiger partial charge in [-0.2, -0.15) is 8.78 Å². The second-order valence-electron chi connectivity index (χ2n) is 6.85. The molecule has 0 bridgehead atoms. The maximum absolute atomic E-state index is 14.2. The van der Waals surface area contributed by atoms with Gasteiger partial charge in [0.2, 0.25) is 5.82 Å². The number of aromatic nitrogens is 3. The summed E-state index contributed by atoms with van der Waals surface area (Å²) in [4.78, 5) is 15.5. The quantitative estimate of drug-likeness (QED) is 0.569. The van der Waals surface area contributed by atoms with Gasteiger partial charge in [-0.05, 0) is 36.1 Å². The molecule has 0 amide bonds. The maximum atomic E-state index is 14.2. The van der Waals surface area contributed by atoms with Crippen molar-refractivity contribution in [2.45, 2.75) is 45.6 Å². The van der Waals surface area contributed by atoms with E-state index in [2.05, 4.69) is 10.1 Å². The molecule has 7 heteroatoms. The number of aromatic carboxylic acids is 1. The van der Waals surface area contributed by atoms with Gasteiger partial charge in [-0.25, -0.2) is 14.5 Å². The molecule has 1 heterocycles. The summed E-state index contributed by atoms with van der Waals surface area (Å²) in [5.41, 5.74) is 2.52. The van der Waals surface area contributed by atoms with Crippen LogP contribution in [0.15, 0.2) is 48.5 Å². The van der Waals surface area contributed by atoms with Crippen LogP contribution in [0.2, 0.25) is 0 Å². The van der Waals surface area contributed by atoms with Crippen molar-refractivity contribution in [3.63, 3.8) is 0 Å². The van der Waals surface area contributed by atoms with E-state index in [1.54, 1.807) is 31.2 Å². The third kappa shape index (κ3) is 4.50. The molecule has 3 rings (SSSR count). The van der Waals surface area contributed by atoms with Gasteiger partial charge in [-0.1, -0.05) is 49.4 Å². The van der Waals surface area contributed by atoms with E-state index in [0.29, 0.717) is 30.8 Å². The number of halogens is 2. The summed E-state index contributed by atoms with van der Waals surface area (Å²) in [7, 11) is 0. The van der Waals surface area contributed by atoms with E-state index in [4.69, 9.17) is 0 Å². The highest BCUT2D eigenvalue weighted by molar-refractivity contribution is 5.95. The fourth-order valence-electron chi connectivity index (χ4n) is 3.25. The highest BCUT2D eigenvalue weighted by Crippen LogP contribution is 2.31. The number of hydrogen-bond acceptors (Lipinski definition) is 3. The van der Waals surface area contributed by atoms with Crippen LogP contribution in [-0.4, -0.2) is 25.8 Å². The zero-order chi connectivity index (χ0) is 21.0. The molecule has 5 nitrogen and oxygen atoms in total. The lowest BCUT2D eigenvalue weighted by Crippen LogP contribution is -2.15. The highest BCUT2D eigenvalue weighted by atomic mass is 19.3. The average molecular weight is 399 g/mol. The Morgan fingerprint density at radius 3 is 2.41 bits per heavy atom. The number of nitrogens with zero attached hydrogens (tertiary/aromatic N) is 3. The van der Waals surface area contributed by atoms with E-state index in [9.17, 15) is 18.7 Å². The van der Waals surface area contributed by atoms with Crippen LogP contribution in [-0.2, 0) is 18.9 Å². The zero-order valence-electron chi connectivity index (χ0n) is 16.4. The molecule has 1 N–H and O–H groups in total. The summed E-state index contributed by atoms with van der Waals surface area (Å²) in [6.07, 6.45) is 0.435. The number of carbonyl (C=O) groups is 1. The topological polar surface area (TPSA) is 68.0 Å². The number of carboxylic acid groups (broad SMARTS) is 1. The minimum atomic E-state index is -3.03. The molecular formula is C22H23F2N3O2. The van der Waals surface area contributed by atoms with Crippen molar-refractivity contribution in [1.82, 2.24) is 14.8 Å². The maximum Gasteiger partial charge on any atom is 0.336 e. The number of benzene rings is 2. The minimum absolute atomic E-state index is 0.230. The Hall–Kier alpha value is -3.09. The molecule has 29 heavy (non-hydrogen) atoms. The van der Waals surface area contributed by atoms with E-state index in [1.165, 1.54) is 4.68 Å². The molecule has 0 unspecified atom stereocenters. The Morgan fingerprint density at radius 1 is 1.10 bits per heavy atom. The molecule has 0 radical (unpaired) electrons. The first-order chi connectivity index (χ1) is 13.9. The van der Waals surface area contributed by atoms with Gasteiger partial charge < -0.3 is 5.11 Å². The standard InChI is InChI=1S/C22H23F2N3O2/c1-3-13-22(23,24)21-25-19(27(4-2)26-21)14-15-9-11-16(12-10-15)17-7-5-6-8-18(17)20(28)29/h5-12H,3-4,13-14H2,1-2H3,(H,28,29). The van der Waals surface area contributed by atoms with Gasteiger partial charge in [-0.15, -0.1) is 5.10 Å². The van der Waals surface area contributed by atoms with Gasteiger partial charge >= 0.3 is 11.9 Å². The van der Waals surface area contributed by atoms with Crippen LogP contribution in [0, 0.1) is 0 Å². The summed E-state index contributed by atoms with van der Waals surface area (Å²) >= 11 is 0. The van der Waals surface area contributed by atoms with Crippen LogP contribution in [0.3, 0.4) is 0 Å². The first-order valence-electron chi connectivity index (χ1n) is 9.59. The second-order valence-corrected chi connectivity index (χ2v) is 6.85. The summed E-state index contributed by atoms with van der Waals surface area (Å²) < 4.78 is 29.9. The monoisotopic (exact) mass is 399 g/mol. The molecule has 0 aliphatic carbocycles. The van der Waals surface area contributed by atoms with Crippen LogP contribution in [0.4, 0.5) is 8.78 Å². The minimum Gasteiger partial charge on any atom is -0.478 e. The summed E-state index contributed by atoms with van der Waals surface area (Å²) in [6.45, 7) is 4.00. The first kappa shape index (κ1) is 20.6. The number of carboxylic acids is 1. The van der Waals surface area contributed by atoms with Gasteiger partial charge in [0, 0.05) is 19.4 Å². The van der Waals surface area contributed by atoms with Crippen molar-refractivity contribution in [1.29, 1.82) is 0 Å². The number of aryl methyl sites for hydroxylation is 1. The van der Waals surface area contributed by atoms with Crippen LogP contribution >= 0.6 is 0 Å². The van der Waals surface area contributed by atoms with Crippen LogP contribution in [0.1, 0.15) is 54.3 Å². The van der Waals surface area contributed by atoms with Crippen LogP contribution in [0.25, 0.3) is 11.1 Å². The number of rotatable bonds is 8. The van der Waals surface area contributed by atoms with E-state index >= 15 is 0 Å². The Kier molecular flexibility index (Phi) is 6.06. The van der Waals surface area contributed by atoms with Gasteiger partial charge in [0.1, 0.15) is 5.82 Å². The summed E-state index contributed by atoms with van der Waals surface area (Å²) in [5.74, 6) is -3.96. The van der Waals surface area contributed by atoms with Gasteiger partial charge in [0.25, 0.3) is 0 Å². The lowest BCUT2D eigenvalue weighted by Gasteiger charge is -2.10. The molecular weight excluding hydrogens is 376 g/mol. The van der Waals surface area contributed by atoms with Crippen molar-refractivity contribution < 1.29 is 18.7 Å². The number of alkyl halides is 2. The van der Waals surface area contributed by atoms with Crippen molar-refractivity contribution in [2.75, 3.05) is 0 Å². The van der Waals surface area contributed by atoms with Crippen molar-refractivity contribution in [3.8, 4) is 11.1 Å². The molecule has 2 aromatic carbocycles. The largest absolute Gasteiger partial charge is 0.478 e. The van der Waals surface area contributed by atoms with E-state index in [-0.39, 0.29) is 12.0 Å². The van der Waals surface area contributed by atoms with E-state index in [1.807, 2.05) is 31.2 Å². The third-order valence-corrected chi connectivity index (χ3v) is 4.72. The molecule has 1 aromatic heterocycles. The molecule has 0 spiro atoms. The van der Waals surface area contributed by atoms with Gasteiger partial charge in [0.05, 0.1) is 5.56 Å². The van der Waals surface area contributed by atoms with Crippen molar-refractivity contribution in [2.24, 2.45) is 0 Å². The fourth-order valence-corrected chi connectivity index (χ4v) is 3.25. The van der Waals surface area contributed by atoms with Crippen molar-refractivity contribution >= 4 is 5.97 Å². The SMILES string of the molecule is CCCC(F)(F)c1nc(Cc2ccc(-c3ccccc3C(=O)O)cc2)n(CC)n1. The Balaban J connectivity index is 1.86. The Labute approximate surface area is 168 Å². The third-order valence-electron chi connectivity index (χ3n) is 4.72. The van der Waals surface area contributed by atoms with Gasteiger partial charge in [-0.3, -0.25) is 0 Å². The van der Waals surface area contributed by atoms with Crippen LogP contribution in [0.5, 0.6) is 0 Å². The lowest BCUT2D eigenvalue weighted by atomic mass is 9.98. The van der Waals surface area contributed by atoms with Crippen molar-refractivity contribution in [3.05, 3.63) is 71.3 Å². The van der Waals surface area contributed by atoms with E-state index < -0.39 is 17.7 Å². The molecule has 0 aliphatic heterocycles. The number of hydrogen-bond donors (Lipinski definition) is 1. The smallest absolute Gasteiger partial charge is 0.336 e. The molecule has 0 atom stereocenters. The normalized spacial score (nSPS) is 11.6. The second kappa shape index (κ2) is 8.51. The predicted molar refractivity (Wildman–Crippen MR) is 106 cm³/mol. The molecule has 0 saturated heterocycles. The van der Waals surface area contributed by atoms with Gasteiger partial charge in [0.15, 0.2) is 0 Å². The Bertz CT molecular complexity index is 998. The molecule has 0 fully saturated rings. The average Bonchev–Trinajstić information content (AvgIpc) is 3.12. The Morgan fingerprint density at radius 2 is 1.79 bits per heavy atom. The van der Waals surface area contributed by atoms with E-state index in [0.717, 1.165) is 11.1 Å².